The molecule has 0 spiro atoms. The zero-order chi connectivity index (χ0) is 12.3. The van der Waals surface area contributed by atoms with Crippen LogP contribution in [-0.2, 0) is 4.79 Å². The molecule has 2 aromatic rings. The Kier molecular flexibility index (Phi) is 3.45. The molecule has 0 aliphatic carbocycles. The van der Waals surface area contributed by atoms with Gasteiger partial charge in [0.2, 0.25) is 5.91 Å². The monoisotopic (exact) mass is 244 g/mol. The maximum absolute atomic E-state index is 10.9. The molecule has 2 nitrogen and oxygen atoms in total. The Morgan fingerprint density at radius 1 is 1.24 bits per heavy atom. The molecule has 2 rings (SSSR count). The molecule has 0 aromatic heterocycles. The van der Waals surface area contributed by atoms with E-state index < -0.39 is 0 Å². The Morgan fingerprint density at radius 3 is 2.59 bits per heavy atom. The van der Waals surface area contributed by atoms with Gasteiger partial charge in [0.05, 0.1) is 0 Å². The van der Waals surface area contributed by atoms with Crippen molar-refractivity contribution in [1.82, 2.24) is 0 Å². The minimum atomic E-state index is -0.105. The third kappa shape index (κ3) is 2.86. The summed E-state index contributed by atoms with van der Waals surface area (Å²) in [5.74, 6) is -0.105. The number of anilines is 1. The first-order valence-corrected chi connectivity index (χ1v) is 5.59. The smallest absolute Gasteiger partial charge is 0.221 e. The molecule has 0 heterocycles. The molecule has 0 aliphatic heterocycles. The van der Waals surface area contributed by atoms with E-state index in [0.717, 1.165) is 11.1 Å². The third-order valence-corrected chi connectivity index (χ3v) is 2.64. The second-order valence-electron chi connectivity index (χ2n) is 3.65. The number of rotatable bonds is 2. The largest absolute Gasteiger partial charge is 0.326 e. The van der Waals surface area contributed by atoms with Crippen LogP contribution in [0.1, 0.15) is 6.92 Å². The number of benzene rings is 2. The van der Waals surface area contributed by atoms with Gasteiger partial charge in [-0.05, 0) is 23.8 Å². The van der Waals surface area contributed by atoms with Crippen LogP contribution < -0.4 is 5.32 Å². The molecule has 85 valence electrons. The van der Waals surface area contributed by atoms with Crippen molar-refractivity contribution in [1.29, 1.82) is 0 Å². The summed E-state index contributed by atoms with van der Waals surface area (Å²) in [4.78, 5) is 10.9. The fourth-order valence-corrected chi connectivity index (χ4v) is 1.80. The quantitative estimate of drug-likeness (QED) is 0.856. The summed E-state index contributed by atoms with van der Waals surface area (Å²) in [6.45, 7) is 1.47. The summed E-state index contributed by atoms with van der Waals surface area (Å²) >= 11 is 6.10. The van der Waals surface area contributed by atoms with Crippen LogP contribution in [0.5, 0.6) is 0 Å². The Hall–Kier alpha value is -1.80. The Labute approximate surface area is 105 Å². The zero-order valence-corrected chi connectivity index (χ0v) is 10.1. The predicted octanol–water partition coefficient (Wildman–Crippen LogP) is 3.77. The maximum Gasteiger partial charge on any atom is 0.221 e. The lowest BCUT2D eigenvalue weighted by atomic mass is 10.1. The van der Waals surface area contributed by atoms with Crippen molar-refractivity contribution in [3.05, 3.63) is 53.6 Å². The molecule has 0 fully saturated rings. The number of nitrogens with one attached hydrogen (secondary N) is 1. The van der Waals surface area contributed by atoms with E-state index in [1.165, 1.54) is 6.92 Å². The van der Waals surface area contributed by atoms with Crippen molar-refractivity contribution < 1.29 is 4.79 Å². The van der Waals surface area contributed by atoms with Gasteiger partial charge in [-0.1, -0.05) is 35.9 Å². The number of hydrogen-bond donors (Lipinski definition) is 1. The van der Waals surface area contributed by atoms with Gasteiger partial charge in [-0.25, -0.2) is 0 Å². The standard InChI is InChI=1S/C14H11ClNO/c1-10(17)16-12-8-6-11(7-9-12)13-4-2-3-5-14(13)15/h2-8H,1H3,(H,16,17). The van der Waals surface area contributed by atoms with E-state index >= 15 is 0 Å². The van der Waals surface area contributed by atoms with E-state index in [0.29, 0.717) is 10.7 Å². The van der Waals surface area contributed by atoms with Crippen molar-refractivity contribution >= 4 is 23.2 Å². The highest BCUT2D eigenvalue weighted by Gasteiger charge is 2.02. The van der Waals surface area contributed by atoms with Gasteiger partial charge in [0.25, 0.3) is 0 Å². The lowest BCUT2D eigenvalue weighted by molar-refractivity contribution is -0.114. The molecule has 0 saturated carbocycles. The van der Waals surface area contributed by atoms with Crippen molar-refractivity contribution in [3.63, 3.8) is 0 Å². The fourth-order valence-electron chi connectivity index (χ4n) is 1.56. The first-order valence-electron chi connectivity index (χ1n) is 5.21. The second kappa shape index (κ2) is 5.02. The number of carbonyl (C=O) groups excluding carboxylic acids is 1. The van der Waals surface area contributed by atoms with Gasteiger partial charge >= 0.3 is 0 Å². The van der Waals surface area contributed by atoms with E-state index in [1.54, 1.807) is 6.07 Å². The van der Waals surface area contributed by atoms with Crippen LogP contribution in [0.25, 0.3) is 11.1 Å². The number of hydrogen-bond acceptors (Lipinski definition) is 1. The Morgan fingerprint density at radius 2 is 2.00 bits per heavy atom. The second-order valence-corrected chi connectivity index (χ2v) is 4.06. The van der Waals surface area contributed by atoms with Crippen LogP contribution in [0.3, 0.4) is 0 Å². The van der Waals surface area contributed by atoms with E-state index in [2.05, 4.69) is 11.4 Å². The SMILES string of the molecule is CC(=O)Nc1[c]cc(-c2ccccc2Cl)cc1. The third-order valence-electron chi connectivity index (χ3n) is 2.31. The number of halogens is 1. The van der Waals surface area contributed by atoms with Crippen molar-refractivity contribution in [2.75, 3.05) is 5.32 Å². The molecule has 0 unspecified atom stereocenters. The molecule has 17 heavy (non-hydrogen) atoms. The summed E-state index contributed by atoms with van der Waals surface area (Å²) in [7, 11) is 0. The molecule has 3 heteroatoms. The Balaban J connectivity index is 2.30. The number of carbonyl (C=O) groups is 1. The average Bonchev–Trinajstić information content (AvgIpc) is 2.30. The van der Waals surface area contributed by atoms with E-state index in [-0.39, 0.29) is 5.91 Å². The van der Waals surface area contributed by atoms with E-state index in [1.807, 2.05) is 36.4 Å². The summed E-state index contributed by atoms with van der Waals surface area (Å²) in [6, 6.07) is 16.1. The number of amides is 1. The lowest BCUT2D eigenvalue weighted by Crippen LogP contribution is -2.05. The molecular weight excluding hydrogens is 234 g/mol. The topological polar surface area (TPSA) is 29.1 Å². The highest BCUT2D eigenvalue weighted by molar-refractivity contribution is 6.33. The highest BCUT2D eigenvalue weighted by Crippen LogP contribution is 2.27. The summed E-state index contributed by atoms with van der Waals surface area (Å²) in [5, 5.41) is 3.37. The van der Waals surface area contributed by atoms with E-state index in [9.17, 15) is 4.79 Å². The van der Waals surface area contributed by atoms with E-state index in [4.69, 9.17) is 11.6 Å². The molecular formula is C14H11ClNO. The average molecular weight is 245 g/mol. The normalized spacial score (nSPS) is 10.0. The first-order chi connectivity index (χ1) is 8.16. The fraction of sp³-hybridized carbons (Fsp3) is 0.0714. The summed E-state index contributed by atoms with van der Waals surface area (Å²) in [5.41, 5.74) is 2.60. The maximum atomic E-state index is 10.9. The Bertz CT molecular complexity index is 534. The highest BCUT2D eigenvalue weighted by atomic mass is 35.5. The van der Waals surface area contributed by atoms with Gasteiger partial charge in [0.15, 0.2) is 0 Å². The molecule has 0 aliphatic rings. The van der Waals surface area contributed by atoms with Crippen LogP contribution in [0.4, 0.5) is 5.69 Å². The van der Waals surface area contributed by atoms with Crippen LogP contribution in [-0.4, -0.2) is 5.91 Å². The molecule has 1 amide bonds. The van der Waals surface area contributed by atoms with Gasteiger partial charge in [0, 0.05) is 29.3 Å². The molecule has 0 bridgehead atoms. The molecule has 0 saturated heterocycles. The molecule has 1 N–H and O–H groups in total. The van der Waals surface area contributed by atoms with Crippen molar-refractivity contribution in [3.8, 4) is 11.1 Å². The van der Waals surface area contributed by atoms with Gasteiger partial charge in [-0.3, -0.25) is 4.79 Å². The van der Waals surface area contributed by atoms with Crippen LogP contribution in [0, 0.1) is 6.07 Å². The van der Waals surface area contributed by atoms with Crippen LogP contribution in [0.2, 0.25) is 5.02 Å². The molecule has 2 aromatic carbocycles. The summed E-state index contributed by atoms with van der Waals surface area (Å²) in [6.07, 6.45) is 0. The minimum Gasteiger partial charge on any atom is -0.326 e. The zero-order valence-electron chi connectivity index (χ0n) is 9.33. The van der Waals surface area contributed by atoms with Crippen LogP contribution in [0.15, 0.2) is 42.5 Å². The van der Waals surface area contributed by atoms with Crippen LogP contribution >= 0.6 is 11.6 Å². The lowest BCUT2D eigenvalue weighted by Gasteiger charge is -2.06. The van der Waals surface area contributed by atoms with Gasteiger partial charge in [-0.15, -0.1) is 0 Å². The molecule has 0 atom stereocenters. The van der Waals surface area contributed by atoms with Gasteiger partial charge in [0.1, 0.15) is 0 Å². The van der Waals surface area contributed by atoms with Crippen molar-refractivity contribution in [2.45, 2.75) is 6.92 Å². The van der Waals surface area contributed by atoms with Gasteiger partial charge < -0.3 is 5.32 Å². The molecule has 1 radical (unpaired) electrons. The minimum absolute atomic E-state index is 0.105. The first kappa shape index (κ1) is 11.7. The van der Waals surface area contributed by atoms with Gasteiger partial charge in [-0.2, -0.15) is 0 Å². The summed E-state index contributed by atoms with van der Waals surface area (Å²) < 4.78 is 0. The predicted molar refractivity (Wildman–Crippen MR) is 70.0 cm³/mol. The van der Waals surface area contributed by atoms with Crippen molar-refractivity contribution in [2.24, 2.45) is 0 Å².